The SMILES string of the molecule is CC1CC1NC(=O)C1CCCS1. The van der Waals surface area contributed by atoms with Crippen LogP contribution >= 0.6 is 11.8 Å². The summed E-state index contributed by atoms with van der Waals surface area (Å²) in [4.78, 5) is 11.5. The summed E-state index contributed by atoms with van der Waals surface area (Å²) in [5.41, 5.74) is 0. The molecule has 0 aromatic rings. The molecule has 0 aromatic heterocycles. The van der Waals surface area contributed by atoms with Crippen molar-refractivity contribution >= 4 is 17.7 Å². The van der Waals surface area contributed by atoms with E-state index >= 15 is 0 Å². The lowest BCUT2D eigenvalue weighted by Gasteiger charge is -2.08. The Morgan fingerprint density at radius 1 is 1.58 bits per heavy atom. The van der Waals surface area contributed by atoms with E-state index in [-0.39, 0.29) is 11.2 Å². The summed E-state index contributed by atoms with van der Waals surface area (Å²) in [6.45, 7) is 2.19. The lowest BCUT2D eigenvalue weighted by molar-refractivity contribution is -0.120. The van der Waals surface area contributed by atoms with E-state index in [0.29, 0.717) is 6.04 Å². The largest absolute Gasteiger partial charge is 0.352 e. The summed E-state index contributed by atoms with van der Waals surface area (Å²) in [6.07, 6.45) is 3.48. The van der Waals surface area contributed by atoms with Gasteiger partial charge < -0.3 is 5.32 Å². The van der Waals surface area contributed by atoms with Gasteiger partial charge in [-0.15, -0.1) is 11.8 Å². The first-order valence-electron chi connectivity index (χ1n) is 4.69. The minimum atomic E-state index is 0.262. The van der Waals surface area contributed by atoms with E-state index < -0.39 is 0 Å². The summed E-state index contributed by atoms with van der Waals surface area (Å²) < 4.78 is 0. The van der Waals surface area contributed by atoms with E-state index in [9.17, 15) is 4.79 Å². The molecule has 0 bridgehead atoms. The van der Waals surface area contributed by atoms with Crippen molar-refractivity contribution in [1.82, 2.24) is 5.32 Å². The maximum Gasteiger partial charge on any atom is 0.233 e. The van der Waals surface area contributed by atoms with Crippen molar-refractivity contribution < 1.29 is 4.79 Å². The minimum absolute atomic E-state index is 0.262. The maximum atomic E-state index is 11.5. The van der Waals surface area contributed by atoms with Gasteiger partial charge in [-0.2, -0.15) is 0 Å². The first-order valence-corrected chi connectivity index (χ1v) is 5.74. The van der Waals surface area contributed by atoms with Crippen molar-refractivity contribution in [2.45, 2.75) is 37.5 Å². The van der Waals surface area contributed by atoms with Gasteiger partial charge in [-0.05, 0) is 30.9 Å². The van der Waals surface area contributed by atoms with E-state index in [1.165, 1.54) is 12.8 Å². The molecule has 2 nitrogen and oxygen atoms in total. The van der Waals surface area contributed by atoms with Gasteiger partial charge in [0.1, 0.15) is 0 Å². The molecule has 0 radical (unpaired) electrons. The van der Waals surface area contributed by atoms with Gasteiger partial charge in [-0.1, -0.05) is 6.92 Å². The Morgan fingerprint density at radius 3 is 2.83 bits per heavy atom. The Balaban J connectivity index is 1.76. The third-order valence-corrected chi connectivity index (χ3v) is 4.04. The van der Waals surface area contributed by atoms with Crippen LogP contribution in [0.3, 0.4) is 0 Å². The second kappa shape index (κ2) is 3.29. The Hall–Kier alpha value is -0.180. The molecule has 1 N–H and O–H groups in total. The average Bonchev–Trinajstić information content (AvgIpc) is 2.58. The fraction of sp³-hybridized carbons (Fsp3) is 0.889. The zero-order valence-corrected chi connectivity index (χ0v) is 8.19. The average molecular weight is 185 g/mol. The summed E-state index contributed by atoms with van der Waals surface area (Å²) in [5, 5.41) is 3.35. The van der Waals surface area contributed by atoms with Crippen molar-refractivity contribution in [3.63, 3.8) is 0 Å². The van der Waals surface area contributed by atoms with E-state index in [1.807, 2.05) is 11.8 Å². The van der Waals surface area contributed by atoms with Crippen LogP contribution in [0.5, 0.6) is 0 Å². The molecule has 0 spiro atoms. The van der Waals surface area contributed by atoms with Crippen molar-refractivity contribution in [3.8, 4) is 0 Å². The highest BCUT2D eigenvalue weighted by Gasteiger charge is 2.36. The summed E-state index contributed by atoms with van der Waals surface area (Å²) >= 11 is 1.81. The van der Waals surface area contributed by atoms with Crippen LogP contribution in [0.15, 0.2) is 0 Å². The molecule has 0 aromatic carbocycles. The van der Waals surface area contributed by atoms with Crippen molar-refractivity contribution in [1.29, 1.82) is 0 Å². The second-order valence-corrected chi connectivity index (χ2v) is 5.14. The molecule has 2 rings (SSSR count). The normalized spacial score (nSPS) is 39.6. The van der Waals surface area contributed by atoms with Crippen LogP contribution in [0, 0.1) is 5.92 Å². The molecule has 3 atom stereocenters. The third-order valence-electron chi connectivity index (χ3n) is 2.66. The van der Waals surface area contributed by atoms with Crippen LogP contribution < -0.4 is 5.32 Å². The highest BCUT2D eigenvalue weighted by atomic mass is 32.2. The lowest BCUT2D eigenvalue weighted by Crippen LogP contribution is -2.33. The standard InChI is InChI=1S/C9H15NOS/c1-6-5-7(6)10-9(11)8-3-2-4-12-8/h6-8H,2-5H2,1H3,(H,10,11). The van der Waals surface area contributed by atoms with Crippen LogP contribution in [-0.4, -0.2) is 23.0 Å². The number of carbonyl (C=O) groups excluding carboxylic acids is 1. The highest BCUT2D eigenvalue weighted by Crippen LogP contribution is 2.31. The molecule has 1 aliphatic carbocycles. The molecule has 1 saturated heterocycles. The van der Waals surface area contributed by atoms with E-state index in [2.05, 4.69) is 12.2 Å². The Bertz CT molecular complexity index is 189. The number of thioether (sulfide) groups is 1. The van der Waals surface area contributed by atoms with Gasteiger partial charge in [-0.3, -0.25) is 4.79 Å². The molecule has 2 fully saturated rings. The predicted molar refractivity (Wildman–Crippen MR) is 51.2 cm³/mol. The smallest absolute Gasteiger partial charge is 0.233 e. The number of hydrogen-bond acceptors (Lipinski definition) is 2. The topological polar surface area (TPSA) is 29.1 Å². The van der Waals surface area contributed by atoms with Crippen LogP contribution in [-0.2, 0) is 4.79 Å². The van der Waals surface area contributed by atoms with Crippen LogP contribution in [0.4, 0.5) is 0 Å². The molecule has 1 aliphatic heterocycles. The van der Waals surface area contributed by atoms with Gasteiger partial charge >= 0.3 is 0 Å². The van der Waals surface area contributed by atoms with Crippen LogP contribution in [0.25, 0.3) is 0 Å². The van der Waals surface area contributed by atoms with Gasteiger partial charge in [0.15, 0.2) is 0 Å². The summed E-state index contributed by atoms with van der Waals surface area (Å²) in [5.74, 6) is 2.17. The molecular weight excluding hydrogens is 170 g/mol. The van der Waals surface area contributed by atoms with E-state index in [1.54, 1.807) is 0 Å². The summed E-state index contributed by atoms with van der Waals surface area (Å²) in [7, 11) is 0. The van der Waals surface area contributed by atoms with Gasteiger partial charge in [0.25, 0.3) is 0 Å². The molecule has 68 valence electrons. The van der Waals surface area contributed by atoms with Crippen molar-refractivity contribution in [3.05, 3.63) is 0 Å². The predicted octanol–water partition coefficient (Wildman–Crippen LogP) is 1.41. The van der Waals surface area contributed by atoms with Crippen molar-refractivity contribution in [2.24, 2.45) is 5.92 Å². The molecule has 1 amide bonds. The Kier molecular flexibility index (Phi) is 2.31. The van der Waals surface area contributed by atoms with Gasteiger partial charge in [0.2, 0.25) is 5.91 Å². The molecule has 3 heteroatoms. The van der Waals surface area contributed by atoms with Crippen LogP contribution in [0.1, 0.15) is 26.2 Å². The first-order chi connectivity index (χ1) is 5.77. The Labute approximate surface area is 77.5 Å². The number of nitrogens with one attached hydrogen (secondary N) is 1. The van der Waals surface area contributed by atoms with Gasteiger partial charge in [0.05, 0.1) is 5.25 Å². The number of amides is 1. The fourth-order valence-electron chi connectivity index (χ4n) is 1.58. The molecule has 1 saturated carbocycles. The minimum Gasteiger partial charge on any atom is -0.352 e. The third kappa shape index (κ3) is 1.76. The quantitative estimate of drug-likeness (QED) is 0.704. The van der Waals surface area contributed by atoms with Crippen LogP contribution in [0.2, 0.25) is 0 Å². The van der Waals surface area contributed by atoms with Gasteiger partial charge in [-0.25, -0.2) is 0 Å². The van der Waals surface area contributed by atoms with E-state index in [0.717, 1.165) is 18.1 Å². The number of carbonyl (C=O) groups is 1. The second-order valence-electron chi connectivity index (χ2n) is 3.83. The molecular formula is C9H15NOS. The first kappa shape index (κ1) is 8.42. The number of hydrogen-bond donors (Lipinski definition) is 1. The lowest BCUT2D eigenvalue weighted by atomic mass is 10.2. The molecule has 2 aliphatic rings. The van der Waals surface area contributed by atoms with Crippen molar-refractivity contribution in [2.75, 3.05) is 5.75 Å². The number of rotatable bonds is 2. The maximum absolute atomic E-state index is 11.5. The zero-order chi connectivity index (χ0) is 8.55. The fourth-order valence-corrected chi connectivity index (χ4v) is 2.75. The molecule has 12 heavy (non-hydrogen) atoms. The molecule has 1 heterocycles. The summed E-state index contributed by atoms with van der Waals surface area (Å²) in [6, 6.07) is 0.499. The monoisotopic (exact) mass is 185 g/mol. The van der Waals surface area contributed by atoms with Gasteiger partial charge in [0, 0.05) is 6.04 Å². The molecule has 3 unspecified atom stereocenters. The van der Waals surface area contributed by atoms with E-state index in [4.69, 9.17) is 0 Å². The highest BCUT2D eigenvalue weighted by molar-refractivity contribution is 8.00. The Morgan fingerprint density at radius 2 is 2.33 bits per heavy atom. The zero-order valence-electron chi connectivity index (χ0n) is 7.38.